The first-order valence-electron chi connectivity index (χ1n) is 9.22. The Kier molecular flexibility index (Phi) is 4.51. The van der Waals surface area contributed by atoms with E-state index in [9.17, 15) is 9.59 Å². The zero-order valence-corrected chi connectivity index (χ0v) is 14.9. The van der Waals surface area contributed by atoms with E-state index in [1.54, 1.807) is 18.2 Å². The van der Waals surface area contributed by atoms with E-state index in [-0.39, 0.29) is 11.6 Å². The van der Waals surface area contributed by atoms with E-state index < -0.39 is 6.04 Å². The van der Waals surface area contributed by atoms with Crippen LogP contribution in [0.15, 0.2) is 53.5 Å². The molecule has 4 rings (SSSR count). The second-order valence-corrected chi connectivity index (χ2v) is 7.07. The van der Waals surface area contributed by atoms with E-state index in [1.165, 1.54) is 6.42 Å². The van der Waals surface area contributed by atoms with Crippen molar-refractivity contribution in [3.63, 3.8) is 0 Å². The summed E-state index contributed by atoms with van der Waals surface area (Å²) in [5, 5.41) is 0. The molecule has 26 heavy (non-hydrogen) atoms. The molecule has 4 nitrogen and oxygen atoms in total. The zero-order valence-electron chi connectivity index (χ0n) is 14.9. The highest BCUT2D eigenvalue weighted by Crippen LogP contribution is 2.27. The highest BCUT2D eigenvalue weighted by atomic mass is 16.1. The largest absolute Gasteiger partial charge is 0.292 e. The van der Waals surface area contributed by atoms with Gasteiger partial charge in [-0.3, -0.25) is 14.5 Å². The van der Waals surface area contributed by atoms with Crippen molar-refractivity contribution >= 4 is 23.0 Å². The molecule has 1 unspecified atom stereocenters. The van der Waals surface area contributed by atoms with Crippen molar-refractivity contribution in [1.82, 2.24) is 4.90 Å². The van der Waals surface area contributed by atoms with Gasteiger partial charge < -0.3 is 0 Å². The molecule has 0 aromatic heterocycles. The first-order valence-corrected chi connectivity index (χ1v) is 9.22. The van der Waals surface area contributed by atoms with Crippen molar-refractivity contribution in [3.8, 4) is 0 Å². The number of likely N-dealkylation sites (tertiary alicyclic amines) is 1. The molecular weight excluding hydrogens is 324 g/mol. The molecular formula is C22H22N2O2. The highest BCUT2D eigenvalue weighted by molar-refractivity contribution is 6.55. The number of hydrogen-bond donors (Lipinski definition) is 0. The second kappa shape index (κ2) is 6.96. The minimum atomic E-state index is -0.570. The topological polar surface area (TPSA) is 49.7 Å². The van der Waals surface area contributed by atoms with Gasteiger partial charge in [-0.25, -0.2) is 4.99 Å². The standard InChI is InChI=1S/C22H22N2O2/c1-15-9-11-16(12-10-15)23-19-20(24-13-5-2-6-14-24)22(26)18-8-4-3-7-17(18)21(19)25/h3-4,7-12,20H,2,5-6,13-14H2,1H3. The Morgan fingerprint density at radius 3 is 2.23 bits per heavy atom. The summed E-state index contributed by atoms with van der Waals surface area (Å²) in [5.41, 5.74) is 3.21. The van der Waals surface area contributed by atoms with E-state index in [0.717, 1.165) is 31.5 Å². The van der Waals surface area contributed by atoms with Gasteiger partial charge in [0.15, 0.2) is 5.78 Å². The van der Waals surface area contributed by atoms with Crippen LogP contribution >= 0.6 is 0 Å². The minimum Gasteiger partial charge on any atom is -0.292 e. The van der Waals surface area contributed by atoms with Crippen LogP contribution in [0, 0.1) is 6.92 Å². The van der Waals surface area contributed by atoms with Crippen LogP contribution < -0.4 is 0 Å². The fraction of sp³-hybridized carbons (Fsp3) is 0.318. The van der Waals surface area contributed by atoms with Crippen LogP contribution in [0.4, 0.5) is 5.69 Å². The van der Waals surface area contributed by atoms with E-state index in [4.69, 9.17) is 0 Å². The molecule has 0 saturated carbocycles. The van der Waals surface area contributed by atoms with Gasteiger partial charge in [-0.2, -0.15) is 0 Å². The molecule has 2 aromatic carbocycles. The molecule has 132 valence electrons. The summed E-state index contributed by atoms with van der Waals surface area (Å²) in [5.74, 6) is -0.135. The Hall–Kier alpha value is -2.59. The van der Waals surface area contributed by atoms with Gasteiger partial charge in [0, 0.05) is 11.1 Å². The first kappa shape index (κ1) is 16.9. The molecule has 2 aromatic rings. The number of nitrogens with zero attached hydrogens (tertiary/aromatic N) is 2. The third-order valence-electron chi connectivity index (χ3n) is 5.22. The number of Topliss-reactive ketones (excluding diaryl/α,β-unsaturated/α-hetero) is 2. The van der Waals surface area contributed by atoms with E-state index >= 15 is 0 Å². The average Bonchev–Trinajstić information content (AvgIpc) is 2.68. The predicted octanol–water partition coefficient (Wildman–Crippen LogP) is 4.00. The maximum Gasteiger partial charge on any atom is 0.210 e. The predicted molar refractivity (Wildman–Crippen MR) is 103 cm³/mol. The summed E-state index contributed by atoms with van der Waals surface area (Å²) < 4.78 is 0. The molecule has 0 spiro atoms. The van der Waals surface area contributed by atoms with Crippen molar-refractivity contribution in [1.29, 1.82) is 0 Å². The maximum atomic E-state index is 13.2. The summed E-state index contributed by atoms with van der Waals surface area (Å²) in [4.78, 5) is 33.2. The number of carbonyl (C=O) groups excluding carboxylic acids is 2. The SMILES string of the molecule is Cc1ccc(N=C2C(=O)c3ccccc3C(=O)C2N2CCCCC2)cc1. The van der Waals surface area contributed by atoms with Crippen LogP contribution in [-0.2, 0) is 0 Å². The van der Waals surface area contributed by atoms with Crippen LogP contribution in [-0.4, -0.2) is 41.3 Å². The molecule has 0 radical (unpaired) electrons. The van der Waals surface area contributed by atoms with Crippen molar-refractivity contribution in [2.45, 2.75) is 32.2 Å². The Bertz CT molecular complexity index is 877. The van der Waals surface area contributed by atoms with Gasteiger partial charge >= 0.3 is 0 Å². The van der Waals surface area contributed by atoms with Crippen LogP contribution in [0.1, 0.15) is 45.5 Å². The van der Waals surface area contributed by atoms with Crippen molar-refractivity contribution in [2.75, 3.05) is 13.1 Å². The number of aliphatic imine (C=N–C) groups is 1. The van der Waals surface area contributed by atoms with Gasteiger partial charge in [-0.15, -0.1) is 0 Å². The monoisotopic (exact) mass is 346 g/mol. The quantitative estimate of drug-likeness (QED) is 0.826. The van der Waals surface area contributed by atoms with Crippen molar-refractivity contribution < 1.29 is 9.59 Å². The minimum absolute atomic E-state index is 0.00652. The van der Waals surface area contributed by atoms with Gasteiger partial charge in [-0.05, 0) is 45.0 Å². The lowest BCUT2D eigenvalue weighted by Crippen LogP contribution is -2.54. The normalized spacial score (nSPS) is 22.5. The highest BCUT2D eigenvalue weighted by Gasteiger charge is 2.41. The maximum absolute atomic E-state index is 13.2. The molecule has 0 bridgehead atoms. The molecule has 1 fully saturated rings. The number of hydrogen-bond acceptors (Lipinski definition) is 4. The zero-order chi connectivity index (χ0) is 18.1. The van der Waals surface area contributed by atoms with Crippen molar-refractivity contribution in [3.05, 3.63) is 65.2 Å². The third-order valence-corrected chi connectivity index (χ3v) is 5.22. The lowest BCUT2D eigenvalue weighted by Gasteiger charge is -2.36. The van der Waals surface area contributed by atoms with E-state index in [2.05, 4.69) is 9.89 Å². The van der Waals surface area contributed by atoms with E-state index in [1.807, 2.05) is 37.3 Å². The van der Waals surface area contributed by atoms with Gasteiger partial charge in [0.2, 0.25) is 5.78 Å². The Labute approximate surface area is 153 Å². The van der Waals surface area contributed by atoms with Gasteiger partial charge in [0.1, 0.15) is 11.8 Å². The smallest absolute Gasteiger partial charge is 0.210 e. The molecule has 0 N–H and O–H groups in total. The van der Waals surface area contributed by atoms with Crippen molar-refractivity contribution in [2.24, 2.45) is 4.99 Å². The first-order chi connectivity index (χ1) is 12.6. The van der Waals surface area contributed by atoms with Crippen LogP contribution in [0.3, 0.4) is 0 Å². The van der Waals surface area contributed by atoms with Gasteiger partial charge in [0.25, 0.3) is 0 Å². The molecule has 1 saturated heterocycles. The summed E-state index contributed by atoms with van der Waals surface area (Å²) in [6.45, 7) is 3.68. The number of piperidine rings is 1. The van der Waals surface area contributed by atoms with Gasteiger partial charge in [-0.1, -0.05) is 48.4 Å². The lowest BCUT2D eigenvalue weighted by atomic mass is 9.83. The lowest BCUT2D eigenvalue weighted by molar-refractivity contribution is 0.0831. The number of rotatable bonds is 2. The summed E-state index contributed by atoms with van der Waals surface area (Å²) in [6.07, 6.45) is 3.28. The number of fused-ring (bicyclic) bond motifs is 1. The van der Waals surface area contributed by atoms with Gasteiger partial charge in [0.05, 0.1) is 5.69 Å². The summed E-state index contributed by atoms with van der Waals surface area (Å²) in [7, 11) is 0. The van der Waals surface area contributed by atoms with E-state index in [0.29, 0.717) is 22.5 Å². The molecule has 1 heterocycles. The Morgan fingerprint density at radius 1 is 0.885 bits per heavy atom. The number of carbonyl (C=O) groups is 2. The second-order valence-electron chi connectivity index (χ2n) is 7.07. The third kappa shape index (κ3) is 3.01. The van der Waals surface area contributed by atoms with Crippen LogP contribution in [0.5, 0.6) is 0 Å². The molecule has 1 atom stereocenters. The molecule has 0 amide bonds. The molecule has 4 heteroatoms. The number of benzene rings is 2. The Balaban J connectivity index is 1.83. The molecule has 1 aliphatic heterocycles. The molecule has 1 aliphatic carbocycles. The van der Waals surface area contributed by atoms with Crippen LogP contribution in [0.25, 0.3) is 0 Å². The fourth-order valence-electron chi connectivity index (χ4n) is 3.82. The average molecular weight is 346 g/mol. The summed E-state index contributed by atoms with van der Waals surface area (Å²) >= 11 is 0. The number of ketones is 2. The molecule has 2 aliphatic rings. The van der Waals surface area contributed by atoms with Crippen LogP contribution in [0.2, 0.25) is 0 Å². The fourth-order valence-corrected chi connectivity index (χ4v) is 3.82. The number of aryl methyl sites for hydroxylation is 1. The summed E-state index contributed by atoms with van der Waals surface area (Å²) in [6, 6.07) is 14.3. The Morgan fingerprint density at radius 2 is 1.54 bits per heavy atom.